The summed E-state index contributed by atoms with van der Waals surface area (Å²) >= 11 is 1.39. The van der Waals surface area contributed by atoms with Gasteiger partial charge in [0.15, 0.2) is 0 Å². The summed E-state index contributed by atoms with van der Waals surface area (Å²) in [7, 11) is 0. The molecule has 25 heavy (non-hydrogen) atoms. The fourth-order valence-corrected chi connectivity index (χ4v) is 3.74. The van der Waals surface area contributed by atoms with Crippen LogP contribution in [0, 0.1) is 5.92 Å². The summed E-state index contributed by atoms with van der Waals surface area (Å²) in [6.07, 6.45) is -0.459. The van der Waals surface area contributed by atoms with Crippen molar-refractivity contribution in [3.8, 4) is 0 Å². The summed E-state index contributed by atoms with van der Waals surface area (Å²) in [4.78, 5) is 38.3. The Morgan fingerprint density at radius 2 is 1.76 bits per heavy atom. The van der Waals surface area contributed by atoms with E-state index < -0.39 is 23.2 Å². The number of esters is 1. The number of carbonyl (C=O) groups is 3. The molecule has 1 aliphatic rings. The Morgan fingerprint density at radius 3 is 2.24 bits per heavy atom. The first kappa shape index (κ1) is 21.8. The maximum Gasteiger partial charge on any atom is 0.409 e. The van der Waals surface area contributed by atoms with E-state index in [1.807, 2.05) is 20.8 Å². The number of nitrogens with one attached hydrogen (secondary N) is 1. The van der Waals surface area contributed by atoms with Gasteiger partial charge in [-0.15, -0.1) is 11.8 Å². The highest BCUT2D eigenvalue weighted by atomic mass is 32.2. The number of thioether (sulfide) groups is 1. The molecular formula is C17H30N2O5S. The monoisotopic (exact) mass is 374 g/mol. The van der Waals surface area contributed by atoms with Gasteiger partial charge in [-0.2, -0.15) is 0 Å². The zero-order valence-corrected chi connectivity index (χ0v) is 16.6. The highest BCUT2D eigenvalue weighted by molar-refractivity contribution is 8.01. The number of amides is 1. The molecule has 144 valence electrons. The second-order valence-corrected chi connectivity index (χ2v) is 8.90. The summed E-state index contributed by atoms with van der Waals surface area (Å²) < 4.78 is 10.2. The highest BCUT2D eigenvalue weighted by Crippen LogP contribution is 2.33. The van der Waals surface area contributed by atoms with Crippen LogP contribution in [0.1, 0.15) is 34.6 Å². The smallest absolute Gasteiger partial charge is 0.409 e. The SMILES string of the molecule is CCOC(=O)C(COC(=O)N1CCNCC1)C(SC(C)(C)C)C(C)=O. The van der Waals surface area contributed by atoms with Gasteiger partial charge in [0, 0.05) is 30.9 Å². The Bertz CT molecular complexity index is 472. The number of rotatable bonds is 7. The Morgan fingerprint density at radius 1 is 1.16 bits per heavy atom. The van der Waals surface area contributed by atoms with Crippen molar-refractivity contribution in [1.82, 2.24) is 10.2 Å². The predicted molar refractivity (Wildman–Crippen MR) is 97.7 cm³/mol. The lowest BCUT2D eigenvalue weighted by molar-refractivity contribution is -0.150. The fourth-order valence-electron chi connectivity index (χ4n) is 2.46. The second kappa shape index (κ2) is 10.0. The molecule has 1 heterocycles. The van der Waals surface area contributed by atoms with Gasteiger partial charge in [-0.1, -0.05) is 20.8 Å². The maximum atomic E-state index is 12.4. The van der Waals surface area contributed by atoms with Crippen molar-refractivity contribution in [2.75, 3.05) is 39.4 Å². The van der Waals surface area contributed by atoms with Crippen LogP contribution in [0.15, 0.2) is 0 Å². The first-order valence-electron chi connectivity index (χ1n) is 8.63. The quantitative estimate of drug-likeness (QED) is 0.679. The largest absolute Gasteiger partial charge is 0.466 e. The molecule has 0 aliphatic carbocycles. The molecule has 0 saturated carbocycles. The summed E-state index contributed by atoms with van der Waals surface area (Å²) in [5, 5.41) is 2.54. The first-order chi connectivity index (χ1) is 11.7. The molecule has 2 unspecified atom stereocenters. The van der Waals surface area contributed by atoms with Gasteiger partial charge < -0.3 is 19.7 Å². The number of carbonyl (C=O) groups excluding carboxylic acids is 3. The van der Waals surface area contributed by atoms with E-state index in [1.165, 1.54) is 18.7 Å². The van der Waals surface area contributed by atoms with Crippen molar-refractivity contribution in [2.45, 2.75) is 44.6 Å². The third-order valence-electron chi connectivity index (χ3n) is 3.60. The van der Waals surface area contributed by atoms with Crippen molar-refractivity contribution in [2.24, 2.45) is 5.92 Å². The van der Waals surface area contributed by atoms with Crippen LogP contribution in [-0.4, -0.2) is 72.1 Å². The average molecular weight is 375 g/mol. The Balaban J connectivity index is 2.81. The minimum atomic E-state index is -0.812. The molecule has 7 nitrogen and oxygen atoms in total. The van der Waals surface area contributed by atoms with Crippen molar-refractivity contribution in [1.29, 1.82) is 0 Å². The average Bonchev–Trinajstić information content (AvgIpc) is 2.53. The van der Waals surface area contributed by atoms with Gasteiger partial charge in [0.05, 0.1) is 11.9 Å². The lowest BCUT2D eigenvalue weighted by Crippen LogP contribution is -2.47. The Kier molecular flexibility index (Phi) is 8.71. The highest BCUT2D eigenvalue weighted by Gasteiger charge is 2.37. The van der Waals surface area contributed by atoms with E-state index in [0.717, 1.165) is 0 Å². The van der Waals surface area contributed by atoms with E-state index >= 15 is 0 Å². The molecule has 2 atom stereocenters. The molecule has 1 saturated heterocycles. The van der Waals surface area contributed by atoms with Crippen molar-refractivity contribution in [3.05, 3.63) is 0 Å². The molecule has 0 radical (unpaired) electrons. The Labute approximate surface area is 154 Å². The van der Waals surface area contributed by atoms with Crippen LogP contribution < -0.4 is 5.32 Å². The van der Waals surface area contributed by atoms with E-state index in [2.05, 4.69) is 5.32 Å². The molecule has 1 amide bonds. The summed E-state index contributed by atoms with van der Waals surface area (Å²) in [5.74, 6) is -1.45. The van der Waals surface area contributed by atoms with E-state index in [-0.39, 0.29) is 23.7 Å². The number of ketones is 1. The third kappa shape index (κ3) is 7.64. The fraction of sp³-hybridized carbons (Fsp3) is 0.824. The van der Waals surface area contributed by atoms with Gasteiger partial charge in [0.25, 0.3) is 0 Å². The van der Waals surface area contributed by atoms with Gasteiger partial charge in [0.2, 0.25) is 0 Å². The molecule has 0 spiro atoms. The standard InChI is InChI=1S/C17H30N2O5S/c1-6-23-15(21)13(14(12(2)20)25-17(3,4)5)11-24-16(22)19-9-7-18-8-10-19/h13-14,18H,6-11H2,1-5H3. The third-order valence-corrected chi connectivity index (χ3v) is 5.22. The lowest BCUT2D eigenvalue weighted by atomic mass is 10.0. The molecule has 0 aromatic carbocycles. The minimum absolute atomic E-state index is 0.129. The van der Waals surface area contributed by atoms with Crippen LogP contribution in [0.5, 0.6) is 0 Å². The van der Waals surface area contributed by atoms with Gasteiger partial charge in [-0.05, 0) is 13.8 Å². The topological polar surface area (TPSA) is 84.9 Å². The summed E-state index contributed by atoms with van der Waals surface area (Å²) in [6.45, 7) is 11.7. The number of Topliss-reactive ketones (excluding diaryl/α,β-unsaturated/α-hetero) is 1. The van der Waals surface area contributed by atoms with Crippen molar-refractivity contribution < 1.29 is 23.9 Å². The van der Waals surface area contributed by atoms with Crippen LogP contribution in [0.25, 0.3) is 0 Å². The molecule has 0 bridgehead atoms. The van der Waals surface area contributed by atoms with Crippen LogP contribution in [0.4, 0.5) is 4.79 Å². The normalized spacial score (nSPS) is 17.6. The second-order valence-electron chi connectivity index (χ2n) is 6.93. The van der Waals surface area contributed by atoms with Crippen LogP contribution >= 0.6 is 11.8 Å². The van der Waals surface area contributed by atoms with Gasteiger partial charge >= 0.3 is 12.1 Å². The van der Waals surface area contributed by atoms with Crippen molar-refractivity contribution in [3.63, 3.8) is 0 Å². The van der Waals surface area contributed by atoms with Crippen LogP contribution in [-0.2, 0) is 19.1 Å². The van der Waals surface area contributed by atoms with Gasteiger partial charge in [0.1, 0.15) is 18.3 Å². The predicted octanol–water partition coefficient (Wildman–Crippen LogP) is 1.70. The maximum absolute atomic E-state index is 12.4. The summed E-state index contributed by atoms with van der Waals surface area (Å²) in [5.41, 5.74) is 0. The molecule has 1 N–H and O–H groups in total. The minimum Gasteiger partial charge on any atom is -0.466 e. The van der Waals surface area contributed by atoms with Crippen LogP contribution in [0.2, 0.25) is 0 Å². The van der Waals surface area contributed by atoms with Gasteiger partial charge in [-0.3, -0.25) is 9.59 Å². The lowest BCUT2D eigenvalue weighted by Gasteiger charge is -2.30. The van der Waals surface area contributed by atoms with Crippen molar-refractivity contribution >= 4 is 29.6 Å². The van der Waals surface area contributed by atoms with E-state index in [9.17, 15) is 14.4 Å². The molecular weight excluding hydrogens is 344 g/mol. The van der Waals surface area contributed by atoms with Crippen LogP contribution in [0.3, 0.4) is 0 Å². The zero-order chi connectivity index (χ0) is 19.0. The Hall–Kier alpha value is -1.28. The number of ether oxygens (including phenoxy) is 2. The molecule has 1 aliphatic heterocycles. The van der Waals surface area contributed by atoms with E-state index in [1.54, 1.807) is 11.8 Å². The first-order valence-corrected chi connectivity index (χ1v) is 9.51. The molecule has 0 aromatic heterocycles. The number of hydrogen-bond donors (Lipinski definition) is 1. The van der Waals surface area contributed by atoms with E-state index in [4.69, 9.17) is 9.47 Å². The number of hydrogen-bond acceptors (Lipinski definition) is 7. The molecule has 1 rings (SSSR count). The van der Waals surface area contributed by atoms with E-state index in [0.29, 0.717) is 26.2 Å². The number of piperazine rings is 1. The number of nitrogens with zero attached hydrogens (tertiary/aromatic N) is 1. The van der Waals surface area contributed by atoms with Gasteiger partial charge in [-0.25, -0.2) is 4.79 Å². The summed E-state index contributed by atoms with van der Waals surface area (Å²) in [6, 6.07) is 0. The molecule has 1 fully saturated rings. The zero-order valence-electron chi connectivity index (χ0n) is 15.8. The molecule has 0 aromatic rings. The molecule has 8 heteroatoms.